The maximum atomic E-state index is 12.8. The fraction of sp³-hybridized carbons (Fsp3) is 0.778. The van der Waals surface area contributed by atoms with Crippen molar-refractivity contribution in [2.45, 2.75) is 45.1 Å². The van der Waals surface area contributed by atoms with Crippen LogP contribution in [0, 0.1) is 0 Å². The zero-order valence-electron chi connectivity index (χ0n) is 15.2. The monoisotopic (exact) mass is 334 g/mol. The molecule has 0 bridgehead atoms. The number of hydrogen-bond acceptors (Lipinski definition) is 5. The van der Waals surface area contributed by atoms with Gasteiger partial charge in [-0.1, -0.05) is 25.4 Å². The average Bonchev–Trinajstić information content (AvgIpc) is 2.94. The van der Waals surface area contributed by atoms with E-state index in [0.29, 0.717) is 11.7 Å². The maximum absolute atomic E-state index is 12.8. The molecule has 2 aliphatic rings. The predicted molar refractivity (Wildman–Crippen MR) is 93.2 cm³/mol. The largest absolute Gasteiger partial charge is 0.360 e. The lowest BCUT2D eigenvalue weighted by atomic mass is 10.1. The first-order valence-corrected chi connectivity index (χ1v) is 9.23. The Morgan fingerprint density at radius 2 is 1.96 bits per heavy atom. The van der Waals surface area contributed by atoms with E-state index in [2.05, 4.69) is 22.0 Å². The van der Waals surface area contributed by atoms with Crippen molar-refractivity contribution >= 4 is 5.91 Å². The van der Waals surface area contributed by atoms with Gasteiger partial charge >= 0.3 is 0 Å². The van der Waals surface area contributed by atoms with Crippen LogP contribution in [0.1, 0.15) is 55.3 Å². The number of piperazine rings is 1. The van der Waals surface area contributed by atoms with Gasteiger partial charge in [-0.3, -0.25) is 9.69 Å². The summed E-state index contributed by atoms with van der Waals surface area (Å²) >= 11 is 0. The Morgan fingerprint density at radius 1 is 1.21 bits per heavy atom. The number of nitrogens with zero attached hydrogens (tertiary/aromatic N) is 4. The van der Waals surface area contributed by atoms with Gasteiger partial charge in [0.2, 0.25) is 0 Å². The lowest BCUT2D eigenvalue weighted by molar-refractivity contribution is 0.0623. The Balaban J connectivity index is 1.66. The van der Waals surface area contributed by atoms with Crippen LogP contribution in [0.2, 0.25) is 0 Å². The molecule has 1 amide bonds. The van der Waals surface area contributed by atoms with Gasteiger partial charge in [0.25, 0.3) is 5.91 Å². The molecule has 2 aliphatic heterocycles. The van der Waals surface area contributed by atoms with Gasteiger partial charge in [-0.05, 0) is 19.9 Å². The van der Waals surface area contributed by atoms with Crippen LogP contribution in [-0.4, -0.2) is 78.1 Å². The average molecular weight is 334 g/mol. The van der Waals surface area contributed by atoms with Crippen LogP contribution in [-0.2, 0) is 0 Å². The second kappa shape index (κ2) is 7.66. The van der Waals surface area contributed by atoms with Crippen molar-refractivity contribution < 1.29 is 9.32 Å². The van der Waals surface area contributed by atoms with Gasteiger partial charge in [0.1, 0.15) is 5.76 Å². The van der Waals surface area contributed by atoms with Crippen molar-refractivity contribution in [3.05, 3.63) is 17.5 Å². The van der Waals surface area contributed by atoms with Gasteiger partial charge in [0.05, 0.1) is 0 Å². The van der Waals surface area contributed by atoms with Crippen LogP contribution < -0.4 is 0 Å². The third-order valence-corrected chi connectivity index (χ3v) is 5.30. The summed E-state index contributed by atoms with van der Waals surface area (Å²) in [6.45, 7) is 10.2. The van der Waals surface area contributed by atoms with Crippen LogP contribution in [0.25, 0.3) is 0 Å². The summed E-state index contributed by atoms with van der Waals surface area (Å²) in [7, 11) is 2.18. The molecular formula is C18H30N4O2. The number of rotatable bonds is 3. The predicted octanol–water partition coefficient (Wildman–Crippen LogP) is 2.04. The van der Waals surface area contributed by atoms with Crippen molar-refractivity contribution in [1.82, 2.24) is 19.9 Å². The highest BCUT2D eigenvalue weighted by atomic mass is 16.5. The van der Waals surface area contributed by atoms with Crippen molar-refractivity contribution in [2.75, 3.05) is 46.3 Å². The normalized spacial score (nSPS) is 24.3. The van der Waals surface area contributed by atoms with E-state index in [1.165, 1.54) is 12.8 Å². The van der Waals surface area contributed by atoms with Crippen molar-refractivity contribution in [3.8, 4) is 0 Å². The highest BCUT2D eigenvalue weighted by molar-refractivity contribution is 5.92. The number of aromatic nitrogens is 1. The third-order valence-electron chi connectivity index (χ3n) is 5.30. The van der Waals surface area contributed by atoms with E-state index < -0.39 is 0 Å². The summed E-state index contributed by atoms with van der Waals surface area (Å²) < 4.78 is 5.31. The SMILES string of the molecule is CC(C)c1cc(C(=O)N2CCCC[C@H](N3CCN(C)CC3)C2)no1. The molecule has 24 heavy (non-hydrogen) atoms. The van der Waals surface area contributed by atoms with E-state index in [0.717, 1.165) is 51.4 Å². The first-order chi connectivity index (χ1) is 11.5. The van der Waals surface area contributed by atoms with Crippen LogP contribution in [0.15, 0.2) is 10.6 Å². The molecule has 3 heterocycles. The molecule has 134 valence electrons. The molecule has 1 aromatic heterocycles. The topological polar surface area (TPSA) is 52.8 Å². The molecule has 6 nitrogen and oxygen atoms in total. The molecule has 0 saturated carbocycles. The minimum Gasteiger partial charge on any atom is -0.360 e. The molecule has 1 aromatic rings. The van der Waals surface area contributed by atoms with Gasteiger partial charge in [0, 0.05) is 57.3 Å². The van der Waals surface area contributed by atoms with Gasteiger partial charge in [-0.2, -0.15) is 0 Å². The van der Waals surface area contributed by atoms with E-state index in [-0.39, 0.29) is 11.8 Å². The molecule has 0 N–H and O–H groups in total. The van der Waals surface area contributed by atoms with E-state index in [1.807, 2.05) is 24.8 Å². The van der Waals surface area contributed by atoms with Gasteiger partial charge < -0.3 is 14.3 Å². The Morgan fingerprint density at radius 3 is 2.62 bits per heavy atom. The van der Waals surface area contributed by atoms with Crippen LogP contribution in [0.5, 0.6) is 0 Å². The number of hydrogen-bond donors (Lipinski definition) is 0. The fourth-order valence-electron chi connectivity index (χ4n) is 3.61. The maximum Gasteiger partial charge on any atom is 0.276 e. The Labute approximate surface area is 144 Å². The molecule has 6 heteroatoms. The third kappa shape index (κ3) is 3.98. The first kappa shape index (κ1) is 17.4. The smallest absolute Gasteiger partial charge is 0.276 e. The number of likely N-dealkylation sites (N-methyl/N-ethyl adjacent to an activating group) is 1. The zero-order valence-corrected chi connectivity index (χ0v) is 15.2. The van der Waals surface area contributed by atoms with Crippen molar-refractivity contribution in [3.63, 3.8) is 0 Å². The summed E-state index contributed by atoms with van der Waals surface area (Å²) in [5, 5.41) is 4.00. The van der Waals surface area contributed by atoms with Crippen molar-refractivity contribution in [1.29, 1.82) is 0 Å². The van der Waals surface area contributed by atoms with Gasteiger partial charge in [-0.25, -0.2) is 0 Å². The number of carbonyl (C=O) groups excluding carboxylic acids is 1. The summed E-state index contributed by atoms with van der Waals surface area (Å²) in [5.74, 6) is 1.05. The summed E-state index contributed by atoms with van der Waals surface area (Å²) in [5.41, 5.74) is 0.456. The van der Waals surface area contributed by atoms with E-state index in [1.54, 1.807) is 0 Å². The lowest BCUT2D eigenvalue weighted by Gasteiger charge is -2.39. The Kier molecular flexibility index (Phi) is 5.56. The summed E-state index contributed by atoms with van der Waals surface area (Å²) in [4.78, 5) is 19.8. The fourth-order valence-corrected chi connectivity index (χ4v) is 3.61. The van der Waals surface area contributed by atoms with Crippen LogP contribution in [0.4, 0.5) is 0 Å². The molecule has 0 aliphatic carbocycles. The lowest BCUT2D eigenvalue weighted by Crippen LogP contribution is -2.52. The van der Waals surface area contributed by atoms with Gasteiger partial charge in [0.15, 0.2) is 5.69 Å². The minimum absolute atomic E-state index is 0.0201. The van der Waals surface area contributed by atoms with Crippen LogP contribution in [0.3, 0.4) is 0 Å². The minimum atomic E-state index is 0.0201. The van der Waals surface area contributed by atoms with E-state index in [4.69, 9.17) is 4.52 Å². The molecule has 0 spiro atoms. The molecule has 0 aromatic carbocycles. The second-order valence-corrected chi connectivity index (χ2v) is 7.51. The Hall–Kier alpha value is -1.40. The zero-order chi connectivity index (χ0) is 17.1. The molecule has 2 saturated heterocycles. The second-order valence-electron chi connectivity index (χ2n) is 7.51. The molecule has 2 fully saturated rings. The number of carbonyl (C=O) groups is 1. The van der Waals surface area contributed by atoms with E-state index >= 15 is 0 Å². The number of amides is 1. The van der Waals surface area contributed by atoms with Gasteiger partial charge in [-0.15, -0.1) is 0 Å². The molecule has 0 radical (unpaired) electrons. The molecule has 0 unspecified atom stereocenters. The van der Waals surface area contributed by atoms with E-state index in [9.17, 15) is 4.79 Å². The first-order valence-electron chi connectivity index (χ1n) is 9.23. The molecular weight excluding hydrogens is 304 g/mol. The highest BCUT2D eigenvalue weighted by Crippen LogP contribution is 2.21. The summed E-state index contributed by atoms with van der Waals surface area (Å²) in [6, 6.07) is 2.28. The highest BCUT2D eigenvalue weighted by Gasteiger charge is 2.29. The Bertz CT molecular complexity index is 549. The number of likely N-dealkylation sites (tertiary alicyclic amines) is 1. The van der Waals surface area contributed by atoms with Crippen molar-refractivity contribution in [2.24, 2.45) is 0 Å². The van der Waals surface area contributed by atoms with Crippen LogP contribution >= 0.6 is 0 Å². The molecule has 3 rings (SSSR count). The standard InChI is InChI=1S/C18H30N4O2/c1-14(2)17-12-16(19-24-17)18(23)22-7-5-4-6-15(13-22)21-10-8-20(3)9-11-21/h12,14-15H,4-11,13H2,1-3H3/t15-/m0/s1. The summed E-state index contributed by atoms with van der Waals surface area (Å²) in [6.07, 6.45) is 3.45. The quantitative estimate of drug-likeness (QED) is 0.847. The molecule has 1 atom stereocenters.